The molecule has 0 unspecified atom stereocenters. The van der Waals surface area contributed by atoms with Gasteiger partial charge in [0.1, 0.15) is 5.75 Å². The zero-order chi connectivity index (χ0) is 18.4. The Kier molecular flexibility index (Phi) is 5.66. The minimum absolute atomic E-state index is 0.194. The molecule has 0 fully saturated rings. The Morgan fingerprint density at radius 3 is 2.31 bits per heavy atom. The van der Waals surface area contributed by atoms with Crippen molar-refractivity contribution in [2.75, 3.05) is 12.4 Å². The van der Waals surface area contributed by atoms with Crippen LogP contribution >= 0.6 is 11.3 Å². The molecule has 0 saturated heterocycles. The summed E-state index contributed by atoms with van der Waals surface area (Å²) in [6.07, 6.45) is -0.880. The largest absolute Gasteiger partial charge is 0.497 e. The lowest BCUT2D eigenvalue weighted by Crippen LogP contribution is -2.46. The number of amides is 1. The molecule has 26 heavy (non-hydrogen) atoms. The molecule has 2 aromatic carbocycles. The van der Waals surface area contributed by atoms with Crippen molar-refractivity contribution in [1.29, 1.82) is 0 Å². The molecular formula is C20H18N2O3S. The van der Waals surface area contributed by atoms with Crippen LogP contribution in [0.15, 0.2) is 72.1 Å². The van der Waals surface area contributed by atoms with E-state index in [4.69, 9.17) is 4.74 Å². The lowest BCUT2D eigenvalue weighted by Gasteiger charge is -2.20. The number of Topliss-reactive ketones (excluding diaryl/α,β-unsaturated/α-hetero) is 1. The van der Waals surface area contributed by atoms with Crippen LogP contribution in [0.5, 0.6) is 5.75 Å². The van der Waals surface area contributed by atoms with Gasteiger partial charge in [0.05, 0.1) is 12.0 Å². The molecule has 2 N–H and O–H groups in total. The number of carbonyl (C=O) groups is 2. The summed E-state index contributed by atoms with van der Waals surface area (Å²) in [5.41, 5.74) is 1.20. The molecular weight excluding hydrogens is 348 g/mol. The molecule has 0 radical (unpaired) electrons. The van der Waals surface area contributed by atoms with Gasteiger partial charge in [0.15, 0.2) is 6.17 Å². The maximum Gasteiger partial charge on any atom is 0.253 e. The van der Waals surface area contributed by atoms with Crippen LogP contribution in [-0.4, -0.2) is 25.0 Å². The molecule has 0 saturated carbocycles. The summed E-state index contributed by atoms with van der Waals surface area (Å²) < 4.78 is 5.14. The molecule has 0 aliphatic heterocycles. The molecule has 5 nitrogen and oxygen atoms in total. The van der Waals surface area contributed by atoms with Crippen molar-refractivity contribution >= 4 is 28.7 Å². The number of hydrogen-bond donors (Lipinski definition) is 2. The lowest BCUT2D eigenvalue weighted by molar-refractivity contribution is 0.0871. The van der Waals surface area contributed by atoms with Gasteiger partial charge in [-0.1, -0.05) is 24.3 Å². The van der Waals surface area contributed by atoms with Gasteiger partial charge < -0.3 is 15.4 Å². The predicted molar refractivity (Wildman–Crippen MR) is 103 cm³/mol. The normalized spacial score (nSPS) is 11.4. The van der Waals surface area contributed by atoms with Crippen molar-refractivity contribution in [1.82, 2.24) is 5.32 Å². The Morgan fingerprint density at radius 2 is 1.69 bits per heavy atom. The first-order chi connectivity index (χ1) is 12.7. The molecule has 0 bridgehead atoms. The first kappa shape index (κ1) is 17.7. The highest BCUT2D eigenvalue weighted by Gasteiger charge is 2.23. The number of ether oxygens (including phenoxy) is 1. The fraction of sp³-hybridized carbons (Fsp3) is 0.100. The van der Waals surface area contributed by atoms with Gasteiger partial charge in [0.2, 0.25) is 5.78 Å². The van der Waals surface area contributed by atoms with E-state index < -0.39 is 6.17 Å². The van der Waals surface area contributed by atoms with Gasteiger partial charge in [-0.3, -0.25) is 9.59 Å². The van der Waals surface area contributed by atoms with Crippen LogP contribution < -0.4 is 15.4 Å². The van der Waals surface area contributed by atoms with E-state index in [1.807, 2.05) is 11.4 Å². The molecule has 0 aliphatic rings. The van der Waals surface area contributed by atoms with Crippen molar-refractivity contribution in [3.8, 4) is 5.75 Å². The highest BCUT2D eigenvalue weighted by molar-refractivity contribution is 7.12. The Balaban J connectivity index is 1.81. The third kappa shape index (κ3) is 4.29. The standard InChI is InChI=1S/C20H18N2O3S/c1-25-16-11-9-15(10-12-16)21-19(18(23)17-8-5-13-26-17)22-20(24)14-6-3-2-4-7-14/h2-13,19,21H,1H3,(H,22,24)/t19-/m0/s1. The van der Waals surface area contributed by atoms with Crippen LogP contribution in [-0.2, 0) is 0 Å². The van der Waals surface area contributed by atoms with E-state index in [1.54, 1.807) is 67.8 Å². The molecule has 3 aromatic rings. The quantitative estimate of drug-likeness (QED) is 0.493. The van der Waals surface area contributed by atoms with E-state index in [-0.39, 0.29) is 11.7 Å². The van der Waals surface area contributed by atoms with E-state index in [9.17, 15) is 9.59 Å². The zero-order valence-electron chi connectivity index (χ0n) is 14.1. The van der Waals surface area contributed by atoms with Crippen molar-refractivity contribution in [3.63, 3.8) is 0 Å². The third-order valence-electron chi connectivity index (χ3n) is 3.74. The number of ketones is 1. The minimum Gasteiger partial charge on any atom is -0.497 e. The summed E-state index contributed by atoms with van der Waals surface area (Å²) >= 11 is 1.34. The summed E-state index contributed by atoms with van der Waals surface area (Å²) in [6.45, 7) is 0. The fourth-order valence-corrected chi connectivity index (χ4v) is 3.08. The minimum atomic E-state index is -0.880. The SMILES string of the molecule is COc1ccc(N[C@@H](NC(=O)c2ccccc2)C(=O)c2cccs2)cc1. The summed E-state index contributed by atoms with van der Waals surface area (Å²) in [6, 6.07) is 19.5. The van der Waals surface area contributed by atoms with Crippen LogP contribution in [0, 0.1) is 0 Å². The van der Waals surface area contributed by atoms with Gasteiger partial charge in [0.25, 0.3) is 5.91 Å². The smallest absolute Gasteiger partial charge is 0.253 e. The second-order valence-electron chi connectivity index (χ2n) is 5.49. The number of anilines is 1. The maximum atomic E-state index is 12.8. The van der Waals surface area contributed by atoms with Crippen LogP contribution in [0.4, 0.5) is 5.69 Å². The molecule has 1 amide bonds. The first-order valence-electron chi connectivity index (χ1n) is 8.01. The van der Waals surface area contributed by atoms with Crippen molar-refractivity contribution in [2.24, 2.45) is 0 Å². The number of benzene rings is 2. The number of rotatable bonds is 7. The number of nitrogens with one attached hydrogen (secondary N) is 2. The molecule has 132 valence electrons. The van der Waals surface area contributed by atoms with Crippen LogP contribution in [0.2, 0.25) is 0 Å². The van der Waals surface area contributed by atoms with Gasteiger partial charge >= 0.3 is 0 Å². The number of hydrogen-bond acceptors (Lipinski definition) is 5. The Bertz CT molecular complexity index is 862. The molecule has 1 aromatic heterocycles. The van der Waals surface area contributed by atoms with Gasteiger partial charge in [-0.2, -0.15) is 0 Å². The average molecular weight is 366 g/mol. The Labute approximate surface area is 155 Å². The Hall–Kier alpha value is -3.12. The van der Waals surface area contributed by atoms with E-state index in [2.05, 4.69) is 10.6 Å². The van der Waals surface area contributed by atoms with Gasteiger partial charge in [0, 0.05) is 11.3 Å². The van der Waals surface area contributed by atoms with Gasteiger partial charge in [-0.05, 0) is 47.8 Å². The first-order valence-corrected chi connectivity index (χ1v) is 8.89. The molecule has 3 rings (SSSR count). The summed E-state index contributed by atoms with van der Waals surface area (Å²) in [5.74, 6) is 0.201. The second kappa shape index (κ2) is 8.31. The lowest BCUT2D eigenvalue weighted by atomic mass is 10.2. The summed E-state index contributed by atoms with van der Waals surface area (Å²) in [5, 5.41) is 7.69. The topological polar surface area (TPSA) is 67.4 Å². The van der Waals surface area contributed by atoms with Crippen molar-refractivity contribution < 1.29 is 14.3 Å². The summed E-state index contributed by atoms with van der Waals surface area (Å²) in [4.78, 5) is 25.9. The molecule has 0 aliphatic carbocycles. The highest BCUT2D eigenvalue weighted by atomic mass is 32.1. The van der Waals surface area contributed by atoms with Crippen LogP contribution in [0.25, 0.3) is 0 Å². The number of thiophene rings is 1. The number of carbonyl (C=O) groups excluding carboxylic acids is 2. The van der Waals surface area contributed by atoms with E-state index >= 15 is 0 Å². The van der Waals surface area contributed by atoms with Crippen molar-refractivity contribution in [3.05, 3.63) is 82.6 Å². The second-order valence-corrected chi connectivity index (χ2v) is 6.43. The van der Waals surface area contributed by atoms with Crippen LogP contribution in [0.3, 0.4) is 0 Å². The van der Waals surface area contributed by atoms with Crippen LogP contribution in [0.1, 0.15) is 20.0 Å². The molecule has 0 spiro atoms. The average Bonchev–Trinajstić information content (AvgIpc) is 3.23. The van der Waals surface area contributed by atoms with E-state index in [0.29, 0.717) is 21.9 Å². The molecule has 6 heteroatoms. The van der Waals surface area contributed by atoms with E-state index in [1.165, 1.54) is 11.3 Å². The molecule has 1 atom stereocenters. The monoisotopic (exact) mass is 366 g/mol. The molecule has 1 heterocycles. The number of methoxy groups -OCH3 is 1. The predicted octanol–water partition coefficient (Wildman–Crippen LogP) is 3.81. The van der Waals surface area contributed by atoms with E-state index in [0.717, 1.165) is 0 Å². The zero-order valence-corrected chi connectivity index (χ0v) is 15.0. The maximum absolute atomic E-state index is 12.8. The van der Waals surface area contributed by atoms with Crippen molar-refractivity contribution in [2.45, 2.75) is 6.17 Å². The van der Waals surface area contributed by atoms with Gasteiger partial charge in [-0.25, -0.2) is 0 Å². The highest BCUT2D eigenvalue weighted by Crippen LogP contribution is 2.18. The Morgan fingerprint density at radius 1 is 0.962 bits per heavy atom. The fourth-order valence-electron chi connectivity index (χ4n) is 2.39. The van der Waals surface area contributed by atoms with Gasteiger partial charge in [-0.15, -0.1) is 11.3 Å². The summed E-state index contributed by atoms with van der Waals surface area (Å²) in [7, 11) is 1.59. The third-order valence-corrected chi connectivity index (χ3v) is 4.62.